The lowest BCUT2D eigenvalue weighted by Gasteiger charge is -2.18. The van der Waals surface area contributed by atoms with E-state index in [1.807, 2.05) is 18.2 Å². The number of alkyl halides is 1. The Morgan fingerprint density at radius 2 is 1.88 bits per heavy atom. The molecule has 0 N–H and O–H groups in total. The van der Waals surface area contributed by atoms with Crippen LogP contribution in [0.1, 0.15) is 18.9 Å². The predicted molar refractivity (Wildman–Crippen MR) is 75.8 cm³/mol. The summed E-state index contributed by atoms with van der Waals surface area (Å²) in [6, 6.07) is 5.63. The molecule has 1 nitrogen and oxygen atoms in total. The van der Waals surface area contributed by atoms with Crippen LogP contribution in [0.3, 0.4) is 0 Å². The first-order chi connectivity index (χ1) is 7.50. The van der Waals surface area contributed by atoms with Crippen molar-refractivity contribution in [2.24, 2.45) is 0 Å². The third-order valence-corrected chi connectivity index (χ3v) is 3.56. The molecule has 0 bridgehead atoms. The minimum Gasteiger partial charge on any atom is -0.302 e. The fraction of sp³-hybridized carbons (Fsp3) is 0.500. The van der Waals surface area contributed by atoms with Gasteiger partial charge in [0.1, 0.15) is 0 Å². The Balaban J connectivity index is 2.59. The zero-order valence-corrected chi connectivity index (χ0v) is 12.6. The highest BCUT2D eigenvalue weighted by Gasteiger charge is 2.08. The van der Waals surface area contributed by atoms with E-state index in [2.05, 4.69) is 34.8 Å². The molecule has 0 fully saturated rings. The smallest absolute Gasteiger partial charge is 0.0465 e. The van der Waals surface area contributed by atoms with Crippen LogP contribution in [0.5, 0.6) is 0 Å². The SMILES string of the molecule is CC(Br)CCN(C)Cc1c(Cl)cccc1Cl. The minimum atomic E-state index is 0.539. The molecule has 0 aliphatic carbocycles. The Morgan fingerprint density at radius 3 is 2.38 bits per heavy atom. The van der Waals surface area contributed by atoms with Crippen LogP contribution in [0, 0.1) is 0 Å². The van der Waals surface area contributed by atoms with Crippen LogP contribution in [0.15, 0.2) is 18.2 Å². The highest BCUT2D eigenvalue weighted by molar-refractivity contribution is 9.09. The van der Waals surface area contributed by atoms with Gasteiger partial charge in [-0.3, -0.25) is 0 Å². The lowest BCUT2D eigenvalue weighted by molar-refractivity contribution is 0.323. The lowest BCUT2D eigenvalue weighted by Crippen LogP contribution is -2.21. The van der Waals surface area contributed by atoms with Crippen LogP contribution in [0.4, 0.5) is 0 Å². The summed E-state index contributed by atoms with van der Waals surface area (Å²) in [6.45, 7) is 3.96. The maximum atomic E-state index is 6.12. The zero-order valence-electron chi connectivity index (χ0n) is 9.51. The molecule has 0 saturated carbocycles. The Labute approximate surface area is 116 Å². The van der Waals surface area contributed by atoms with Crippen molar-refractivity contribution >= 4 is 39.1 Å². The van der Waals surface area contributed by atoms with Crippen LogP contribution in [0.25, 0.3) is 0 Å². The molecule has 1 aromatic rings. The first-order valence-corrected chi connectivity index (χ1v) is 6.93. The third kappa shape index (κ3) is 4.62. The standard InChI is InChI=1S/C12H16BrCl2N/c1-9(13)6-7-16(2)8-10-11(14)4-3-5-12(10)15/h3-5,9H,6-8H2,1-2H3. The topological polar surface area (TPSA) is 3.24 Å². The molecule has 0 aliphatic rings. The average molecular weight is 325 g/mol. The van der Waals surface area contributed by atoms with E-state index in [-0.39, 0.29) is 0 Å². The van der Waals surface area contributed by atoms with E-state index in [0.717, 1.165) is 35.1 Å². The van der Waals surface area contributed by atoms with Gasteiger partial charge in [0.05, 0.1) is 0 Å². The fourth-order valence-electron chi connectivity index (χ4n) is 1.43. The molecule has 90 valence electrons. The normalized spacial score (nSPS) is 13.1. The molecule has 0 aliphatic heterocycles. The van der Waals surface area contributed by atoms with Gasteiger partial charge < -0.3 is 4.90 Å². The summed E-state index contributed by atoms with van der Waals surface area (Å²) in [4.78, 5) is 2.77. The molecule has 1 rings (SSSR count). The predicted octanol–water partition coefficient (Wildman–Crippen LogP) is 4.60. The molecule has 0 heterocycles. The van der Waals surface area contributed by atoms with Crippen LogP contribution >= 0.6 is 39.1 Å². The van der Waals surface area contributed by atoms with Crippen molar-refractivity contribution in [3.05, 3.63) is 33.8 Å². The van der Waals surface area contributed by atoms with Crippen LogP contribution in [-0.4, -0.2) is 23.3 Å². The summed E-state index contributed by atoms with van der Waals surface area (Å²) in [5.41, 5.74) is 1.01. The maximum Gasteiger partial charge on any atom is 0.0465 e. The number of nitrogens with zero attached hydrogens (tertiary/aromatic N) is 1. The second kappa shape index (κ2) is 6.85. The number of hydrogen-bond donors (Lipinski definition) is 0. The van der Waals surface area contributed by atoms with Crippen LogP contribution < -0.4 is 0 Å². The fourth-order valence-corrected chi connectivity index (χ4v) is 2.15. The molecule has 4 heteroatoms. The summed E-state index contributed by atoms with van der Waals surface area (Å²) in [5.74, 6) is 0. The lowest BCUT2D eigenvalue weighted by atomic mass is 10.2. The van der Waals surface area contributed by atoms with E-state index >= 15 is 0 Å². The minimum absolute atomic E-state index is 0.539. The first-order valence-electron chi connectivity index (χ1n) is 5.26. The Kier molecular flexibility index (Phi) is 6.12. The van der Waals surface area contributed by atoms with Crippen LogP contribution in [0.2, 0.25) is 10.0 Å². The quantitative estimate of drug-likeness (QED) is 0.715. The van der Waals surface area contributed by atoms with Crippen molar-refractivity contribution in [2.75, 3.05) is 13.6 Å². The summed E-state index contributed by atoms with van der Waals surface area (Å²) in [7, 11) is 2.08. The van der Waals surface area contributed by atoms with E-state index in [4.69, 9.17) is 23.2 Å². The van der Waals surface area contributed by atoms with Gasteiger partial charge >= 0.3 is 0 Å². The van der Waals surface area contributed by atoms with Crippen molar-refractivity contribution in [3.8, 4) is 0 Å². The Bertz CT molecular complexity index is 322. The maximum absolute atomic E-state index is 6.12. The van der Waals surface area contributed by atoms with Gasteiger partial charge in [0.25, 0.3) is 0 Å². The highest BCUT2D eigenvalue weighted by Crippen LogP contribution is 2.25. The van der Waals surface area contributed by atoms with Crippen molar-refractivity contribution < 1.29 is 0 Å². The molecule has 0 aromatic heterocycles. The molecule has 1 aromatic carbocycles. The van der Waals surface area contributed by atoms with Gasteiger partial charge in [0.2, 0.25) is 0 Å². The van der Waals surface area contributed by atoms with Crippen molar-refractivity contribution in [1.82, 2.24) is 4.90 Å². The van der Waals surface area contributed by atoms with E-state index in [1.165, 1.54) is 0 Å². The summed E-state index contributed by atoms with van der Waals surface area (Å²) >= 11 is 15.8. The Morgan fingerprint density at radius 1 is 1.31 bits per heavy atom. The molecule has 1 unspecified atom stereocenters. The molecule has 0 saturated heterocycles. The number of hydrogen-bond acceptors (Lipinski definition) is 1. The zero-order chi connectivity index (χ0) is 12.1. The highest BCUT2D eigenvalue weighted by atomic mass is 79.9. The van der Waals surface area contributed by atoms with E-state index in [9.17, 15) is 0 Å². The summed E-state index contributed by atoms with van der Waals surface area (Å²) in [6.07, 6.45) is 1.11. The largest absolute Gasteiger partial charge is 0.302 e. The second-order valence-corrected chi connectivity index (χ2v) is 6.38. The summed E-state index contributed by atoms with van der Waals surface area (Å²) < 4.78 is 0. The van der Waals surface area contributed by atoms with Crippen molar-refractivity contribution in [3.63, 3.8) is 0 Å². The number of benzene rings is 1. The Hall–Kier alpha value is 0.240. The third-order valence-electron chi connectivity index (χ3n) is 2.40. The monoisotopic (exact) mass is 323 g/mol. The van der Waals surface area contributed by atoms with Gasteiger partial charge in [0.15, 0.2) is 0 Å². The van der Waals surface area contributed by atoms with Gasteiger partial charge in [-0.25, -0.2) is 0 Å². The van der Waals surface area contributed by atoms with Crippen LogP contribution in [-0.2, 0) is 6.54 Å². The molecular weight excluding hydrogens is 309 g/mol. The average Bonchev–Trinajstić information content (AvgIpc) is 2.21. The van der Waals surface area contributed by atoms with E-state index in [1.54, 1.807) is 0 Å². The van der Waals surface area contributed by atoms with Gasteiger partial charge in [-0.15, -0.1) is 0 Å². The molecule has 0 amide bonds. The van der Waals surface area contributed by atoms with E-state index < -0.39 is 0 Å². The van der Waals surface area contributed by atoms with Crippen molar-refractivity contribution in [2.45, 2.75) is 24.7 Å². The molecule has 1 atom stereocenters. The van der Waals surface area contributed by atoms with Gasteiger partial charge in [0, 0.05) is 27.0 Å². The summed E-state index contributed by atoms with van der Waals surface area (Å²) in [5, 5.41) is 1.48. The first kappa shape index (κ1) is 14.3. The molecule has 16 heavy (non-hydrogen) atoms. The molecular formula is C12H16BrCl2N. The van der Waals surface area contributed by atoms with Crippen molar-refractivity contribution in [1.29, 1.82) is 0 Å². The van der Waals surface area contributed by atoms with Gasteiger partial charge in [-0.2, -0.15) is 0 Å². The van der Waals surface area contributed by atoms with Gasteiger partial charge in [-0.05, 0) is 32.1 Å². The van der Waals surface area contributed by atoms with Gasteiger partial charge in [-0.1, -0.05) is 52.1 Å². The van der Waals surface area contributed by atoms with E-state index in [0.29, 0.717) is 4.83 Å². The number of rotatable bonds is 5. The molecule has 0 spiro atoms. The number of halogens is 3. The second-order valence-electron chi connectivity index (χ2n) is 4.01. The molecule has 0 radical (unpaired) electrons.